The quantitative estimate of drug-likeness (QED) is 0.505. The molecule has 2 atom stereocenters. The average Bonchev–Trinajstić information content (AvgIpc) is 3.44. The van der Waals surface area contributed by atoms with Gasteiger partial charge in [-0.25, -0.2) is 9.69 Å². The Labute approximate surface area is 201 Å². The maximum atomic E-state index is 13.8. The zero-order chi connectivity index (χ0) is 22.9. The van der Waals surface area contributed by atoms with Gasteiger partial charge in [0.1, 0.15) is 12.6 Å². The lowest BCUT2D eigenvalue weighted by Gasteiger charge is -2.29. The summed E-state index contributed by atoms with van der Waals surface area (Å²) in [6, 6.07) is 23.3. The van der Waals surface area contributed by atoms with E-state index in [9.17, 15) is 9.59 Å². The smallest absolute Gasteiger partial charge is 0.416 e. The van der Waals surface area contributed by atoms with Crippen LogP contribution in [-0.4, -0.2) is 41.8 Å². The first kappa shape index (κ1) is 21.5. The Balaban J connectivity index is 1.69. The number of carbonyl (C=O) groups is 2. The van der Waals surface area contributed by atoms with E-state index in [2.05, 4.69) is 0 Å². The summed E-state index contributed by atoms with van der Waals surface area (Å²) >= 11 is 12.4. The van der Waals surface area contributed by atoms with E-state index in [1.807, 2.05) is 60.7 Å². The zero-order valence-corrected chi connectivity index (χ0v) is 18.9. The number of hydrazone groups is 1. The molecule has 0 saturated carbocycles. The Kier molecular flexibility index (Phi) is 5.79. The van der Waals surface area contributed by atoms with Gasteiger partial charge in [-0.3, -0.25) is 9.80 Å². The van der Waals surface area contributed by atoms with E-state index in [-0.39, 0.29) is 19.1 Å². The lowest BCUT2D eigenvalue weighted by Crippen LogP contribution is -2.48. The highest BCUT2D eigenvalue weighted by Crippen LogP contribution is 2.39. The highest BCUT2D eigenvalue weighted by molar-refractivity contribution is 6.31. The van der Waals surface area contributed by atoms with Gasteiger partial charge in [0.05, 0.1) is 23.9 Å². The summed E-state index contributed by atoms with van der Waals surface area (Å²) in [4.78, 5) is 27.2. The minimum absolute atomic E-state index is 0.177. The third-order valence-electron chi connectivity index (χ3n) is 5.74. The van der Waals surface area contributed by atoms with Gasteiger partial charge in [-0.2, -0.15) is 5.10 Å². The zero-order valence-electron chi connectivity index (χ0n) is 17.4. The van der Waals surface area contributed by atoms with Crippen LogP contribution in [0.25, 0.3) is 0 Å². The van der Waals surface area contributed by atoms with Crippen LogP contribution in [0.2, 0.25) is 10.0 Å². The molecule has 8 heteroatoms. The Morgan fingerprint density at radius 2 is 1.70 bits per heavy atom. The summed E-state index contributed by atoms with van der Waals surface area (Å²) in [7, 11) is 0. The number of cyclic esters (lactones) is 1. The Morgan fingerprint density at radius 1 is 0.939 bits per heavy atom. The Bertz CT molecular complexity index is 1230. The Hall–Kier alpha value is -3.35. The van der Waals surface area contributed by atoms with Crippen molar-refractivity contribution in [1.82, 2.24) is 4.90 Å². The van der Waals surface area contributed by atoms with Crippen LogP contribution in [0.5, 0.6) is 0 Å². The molecular weight excluding hydrogens is 461 g/mol. The number of halogens is 2. The third-order valence-corrected chi connectivity index (χ3v) is 6.23. The molecule has 2 aliphatic rings. The van der Waals surface area contributed by atoms with Gasteiger partial charge in [0.25, 0.3) is 5.91 Å². The average molecular weight is 480 g/mol. The fourth-order valence-corrected chi connectivity index (χ4v) is 4.54. The van der Waals surface area contributed by atoms with E-state index < -0.39 is 18.1 Å². The van der Waals surface area contributed by atoms with Gasteiger partial charge in [-0.1, -0.05) is 65.7 Å². The van der Waals surface area contributed by atoms with Crippen LogP contribution >= 0.6 is 23.2 Å². The topological polar surface area (TPSA) is 62.2 Å². The molecular formula is C25H19Cl2N3O3. The molecule has 0 spiro atoms. The summed E-state index contributed by atoms with van der Waals surface area (Å²) in [5.74, 6) is -0.844. The van der Waals surface area contributed by atoms with Gasteiger partial charge in [0.2, 0.25) is 0 Å². The van der Waals surface area contributed by atoms with Gasteiger partial charge in [0.15, 0.2) is 0 Å². The van der Waals surface area contributed by atoms with Gasteiger partial charge < -0.3 is 4.74 Å². The number of amides is 2. The molecule has 2 aliphatic heterocycles. The maximum Gasteiger partial charge on any atom is 0.416 e. The minimum atomic E-state index is -0.798. The highest BCUT2D eigenvalue weighted by atomic mass is 35.5. The van der Waals surface area contributed by atoms with Crippen LogP contribution < -0.4 is 5.01 Å². The molecule has 3 aromatic rings. The number of nitrogens with zero attached hydrogens (tertiary/aromatic N) is 3. The van der Waals surface area contributed by atoms with Crippen molar-refractivity contribution in [3.05, 3.63) is 100 Å². The van der Waals surface area contributed by atoms with Crippen molar-refractivity contribution in [2.24, 2.45) is 5.10 Å². The summed E-state index contributed by atoms with van der Waals surface area (Å²) < 4.78 is 5.05. The van der Waals surface area contributed by atoms with Crippen molar-refractivity contribution >= 4 is 46.6 Å². The first-order valence-corrected chi connectivity index (χ1v) is 11.2. The summed E-state index contributed by atoms with van der Waals surface area (Å²) in [6.07, 6.45) is -0.640. The second-order valence-electron chi connectivity index (χ2n) is 7.75. The number of para-hydroxylation sites is 1. The lowest BCUT2D eigenvalue weighted by molar-refractivity contribution is -0.129. The molecule has 0 aromatic heterocycles. The summed E-state index contributed by atoms with van der Waals surface area (Å²) in [6.45, 7) is 0.382. The fraction of sp³-hybridized carbons (Fsp3) is 0.160. The largest absolute Gasteiger partial charge is 0.447 e. The van der Waals surface area contributed by atoms with E-state index in [0.717, 1.165) is 21.7 Å². The van der Waals surface area contributed by atoms with E-state index in [1.54, 1.807) is 23.2 Å². The molecule has 33 heavy (non-hydrogen) atoms. The summed E-state index contributed by atoms with van der Waals surface area (Å²) in [5.41, 5.74) is 3.05. The number of carbonyl (C=O) groups excluding carboxylic acids is 2. The first-order valence-electron chi connectivity index (χ1n) is 10.5. The predicted octanol–water partition coefficient (Wildman–Crippen LogP) is 5.35. The third kappa shape index (κ3) is 4.08. The molecule has 3 aromatic carbocycles. The molecule has 1 saturated heterocycles. The second-order valence-corrected chi connectivity index (χ2v) is 8.63. The number of hydrogen-bond acceptors (Lipinski definition) is 5. The number of rotatable bonds is 4. The molecule has 0 unspecified atom stereocenters. The van der Waals surface area contributed by atoms with Gasteiger partial charge in [-0.05, 0) is 47.5 Å². The van der Waals surface area contributed by atoms with E-state index in [0.29, 0.717) is 15.8 Å². The molecule has 166 valence electrons. The molecule has 0 aliphatic carbocycles. The Morgan fingerprint density at radius 3 is 2.36 bits per heavy atom. The van der Waals surface area contributed by atoms with E-state index in [1.165, 1.54) is 0 Å². The molecule has 0 radical (unpaired) electrons. The fourth-order valence-electron chi connectivity index (χ4n) is 4.23. The number of benzene rings is 3. The molecule has 5 rings (SSSR count). The number of anilines is 1. The van der Waals surface area contributed by atoms with Crippen molar-refractivity contribution in [1.29, 1.82) is 0 Å². The van der Waals surface area contributed by atoms with Crippen molar-refractivity contribution in [3.63, 3.8) is 0 Å². The van der Waals surface area contributed by atoms with Crippen LogP contribution in [0.15, 0.2) is 84.0 Å². The monoisotopic (exact) mass is 479 g/mol. The number of imide groups is 1. The number of hydrogen-bond donors (Lipinski definition) is 0. The van der Waals surface area contributed by atoms with E-state index in [4.69, 9.17) is 33.0 Å². The first-order chi connectivity index (χ1) is 16.0. The predicted molar refractivity (Wildman–Crippen MR) is 128 cm³/mol. The van der Waals surface area contributed by atoms with Crippen LogP contribution in [0, 0.1) is 0 Å². The van der Waals surface area contributed by atoms with Crippen molar-refractivity contribution < 1.29 is 14.3 Å². The normalized spacial score (nSPS) is 20.1. The summed E-state index contributed by atoms with van der Waals surface area (Å²) in [5, 5.41) is 7.74. The van der Waals surface area contributed by atoms with Crippen molar-refractivity contribution in [3.8, 4) is 0 Å². The molecule has 1 fully saturated rings. The minimum Gasteiger partial charge on any atom is -0.447 e. The van der Waals surface area contributed by atoms with Crippen LogP contribution in [0.4, 0.5) is 10.5 Å². The number of ether oxygens (including phenoxy) is 1. The molecule has 2 heterocycles. The van der Waals surface area contributed by atoms with Crippen molar-refractivity contribution in [2.45, 2.75) is 12.0 Å². The van der Waals surface area contributed by atoms with Gasteiger partial charge in [-0.15, -0.1) is 0 Å². The van der Waals surface area contributed by atoms with Crippen LogP contribution in [0.3, 0.4) is 0 Å². The highest BCUT2D eigenvalue weighted by Gasteiger charge is 2.48. The molecule has 0 N–H and O–H groups in total. The second kappa shape index (κ2) is 8.89. The lowest BCUT2D eigenvalue weighted by atomic mass is 9.84. The van der Waals surface area contributed by atoms with Gasteiger partial charge in [0, 0.05) is 10.0 Å². The van der Waals surface area contributed by atoms with Crippen LogP contribution in [0.1, 0.15) is 17.0 Å². The van der Waals surface area contributed by atoms with Gasteiger partial charge >= 0.3 is 6.09 Å². The standard InChI is InChI=1S/C25H19Cl2N3O3/c26-18-11-9-16(10-12-18)21-22(17-5-4-6-19(27)15-17)28-30(20-7-2-1-3-8-20)23(21)24(31)29-13-14-33-25(29)32/h1-12,15,21,23H,13-14H2/t21-,23-/m1/s1. The SMILES string of the molecule is O=C1OCCN1C(=O)[C@H]1[C@H](c2ccc(Cl)cc2)C(c2cccc(Cl)c2)=NN1c1ccccc1. The van der Waals surface area contributed by atoms with Crippen LogP contribution in [-0.2, 0) is 9.53 Å². The maximum absolute atomic E-state index is 13.8. The van der Waals surface area contributed by atoms with Crippen molar-refractivity contribution in [2.75, 3.05) is 18.2 Å². The molecule has 0 bridgehead atoms. The molecule has 6 nitrogen and oxygen atoms in total. The molecule has 2 amide bonds. The van der Waals surface area contributed by atoms with E-state index >= 15 is 0 Å².